The standard InChI is InChI=1S/C16H17N5O4/c1-9-11(16(24)25)3-4-12(18-9)14(22)19-13-5-6-21(15(13)23)10-7-17-20(2)8-10/h3-4,7-8,13H,5-6H2,1-2H3,(H,19,22)(H,24,25). The van der Waals surface area contributed by atoms with Gasteiger partial charge in [0.25, 0.3) is 5.91 Å². The molecule has 0 bridgehead atoms. The van der Waals surface area contributed by atoms with Gasteiger partial charge in [0.15, 0.2) is 0 Å². The number of aromatic nitrogens is 3. The SMILES string of the molecule is Cc1nc(C(=O)NC2CCN(c3cnn(C)c3)C2=O)ccc1C(=O)O. The summed E-state index contributed by atoms with van der Waals surface area (Å²) in [6, 6.07) is 2.02. The van der Waals surface area contributed by atoms with Crippen LogP contribution >= 0.6 is 0 Å². The van der Waals surface area contributed by atoms with Crippen LogP contribution in [0.2, 0.25) is 0 Å². The lowest BCUT2D eigenvalue weighted by molar-refractivity contribution is -0.118. The Hall–Kier alpha value is -3.23. The monoisotopic (exact) mass is 343 g/mol. The highest BCUT2D eigenvalue weighted by Crippen LogP contribution is 2.21. The average Bonchev–Trinajstić information content (AvgIpc) is 3.13. The molecule has 0 saturated carbocycles. The minimum absolute atomic E-state index is 0.0382. The fourth-order valence-corrected chi connectivity index (χ4v) is 2.76. The second-order valence-corrected chi connectivity index (χ2v) is 5.81. The van der Waals surface area contributed by atoms with Crippen LogP contribution in [0.4, 0.5) is 5.69 Å². The highest BCUT2D eigenvalue weighted by atomic mass is 16.4. The molecule has 0 spiro atoms. The van der Waals surface area contributed by atoms with Gasteiger partial charge in [-0.1, -0.05) is 0 Å². The summed E-state index contributed by atoms with van der Waals surface area (Å²) < 4.78 is 1.60. The van der Waals surface area contributed by atoms with E-state index >= 15 is 0 Å². The molecule has 9 heteroatoms. The maximum atomic E-state index is 12.5. The first-order chi connectivity index (χ1) is 11.9. The summed E-state index contributed by atoms with van der Waals surface area (Å²) in [7, 11) is 1.76. The van der Waals surface area contributed by atoms with Gasteiger partial charge in [-0.15, -0.1) is 0 Å². The highest BCUT2D eigenvalue weighted by Gasteiger charge is 2.34. The number of carbonyl (C=O) groups is 3. The second-order valence-electron chi connectivity index (χ2n) is 5.81. The number of aryl methyl sites for hydroxylation is 2. The summed E-state index contributed by atoms with van der Waals surface area (Å²) in [4.78, 5) is 41.4. The van der Waals surface area contributed by atoms with E-state index in [1.807, 2.05) is 0 Å². The Kier molecular flexibility index (Phi) is 4.22. The van der Waals surface area contributed by atoms with Gasteiger partial charge in [0, 0.05) is 19.8 Å². The van der Waals surface area contributed by atoms with E-state index in [0.29, 0.717) is 18.7 Å². The summed E-state index contributed by atoms with van der Waals surface area (Å²) in [5.74, 6) is -1.82. The van der Waals surface area contributed by atoms with Crippen LogP contribution < -0.4 is 10.2 Å². The Labute approximate surface area is 143 Å². The molecular weight excluding hydrogens is 326 g/mol. The van der Waals surface area contributed by atoms with Gasteiger partial charge in [-0.25, -0.2) is 9.78 Å². The fourth-order valence-electron chi connectivity index (χ4n) is 2.76. The summed E-state index contributed by atoms with van der Waals surface area (Å²) in [6.45, 7) is 2.00. The Morgan fingerprint density at radius 1 is 1.36 bits per heavy atom. The lowest BCUT2D eigenvalue weighted by atomic mass is 10.1. The number of anilines is 1. The average molecular weight is 343 g/mol. The van der Waals surface area contributed by atoms with Crippen LogP contribution in [0.1, 0.15) is 33.0 Å². The molecule has 2 aromatic heterocycles. The summed E-state index contributed by atoms with van der Waals surface area (Å²) >= 11 is 0. The number of nitrogens with one attached hydrogen (secondary N) is 1. The van der Waals surface area contributed by atoms with Gasteiger partial charge >= 0.3 is 5.97 Å². The van der Waals surface area contributed by atoms with Gasteiger partial charge in [-0.2, -0.15) is 5.10 Å². The van der Waals surface area contributed by atoms with Crippen LogP contribution in [0.3, 0.4) is 0 Å². The van der Waals surface area contributed by atoms with E-state index in [9.17, 15) is 14.4 Å². The van der Waals surface area contributed by atoms with Gasteiger partial charge in [0.2, 0.25) is 5.91 Å². The molecule has 1 aliphatic rings. The predicted octanol–water partition coefficient (Wildman–Crippen LogP) is 0.357. The van der Waals surface area contributed by atoms with Gasteiger partial charge < -0.3 is 15.3 Å². The van der Waals surface area contributed by atoms with Gasteiger partial charge in [0.1, 0.15) is 11.7 Å². The van der Waals surface area contributed by atoms with E-state index in [4.69, 9.17) is 5.11 Å². The van der Waals surface area contributed by atoms with Gasteiger partial charge in [-0.05, 0) is 25.5 Å². The number of rotatable bonds is 4. The van der Waals surface area contributed by atoms with Crippen LogP contribution in [0.25, 0.3) is 0 Å². The van der Waals surface area contributed by atoms with Crippen LogP contribution in [-0.2, 0) is 11.8 Å². The minimum Gasteiger partial charge on any atom is -0.478 e. The normalized spacial score (nSPS) is 17.0. The minimum atomic E-state index is -1.10. The Morgan fingerprint density at radius 2 is 2.12 bits per heavy atom. The zero-order chi connectivity index (χ0) is 18.1. The molecule has 0 radical (unpaired) electrons. The van der Waals surface area contributed by atoms with Gasteiger partial charge in [-0.3, -0.25) is 14.3 Å². The molecule has 3 heterocycles. The summed E-state index contributed by atoms with van der Waals surface area (Å²) in [5.41, 5.74) is 1.05. The molecule has 130 valence electrons. The van der Waals surface area contributed by atoms with E-state index in [-0.39, 0.29) is 22.9 Å². The number of carboxylic acids is 1. The molecule has 9 nitrogen and oxygen atoms in total. The number of hydrogen-bond acceptors (Lipinski definition) is 5. The van der Waals surface area contributed by atoms with E-state index in [1.54, 1.807) is 29.0 Å². The van der Waals surface area contributed by atoms with Crippen LogP contribution in [0.5, 0.6) is 0 Å². The lowest BCUT2D eigenvalue weighted by Gasteiger charge is -2.15. The van der Waals surface area contributed by atoms with E-state index < -0.39 is 17.9 Å². The quantitative estimate of drug-likeness (QED) is 0.827. The molecule has 0 aliphatic carbocycles. The highest BCUT2D eigenvalue weighted by molar-refractivity contribution is 6.03. The molecule has 1 atom stereocenters. The molecule has 1 aliphatic heterocycles. The Bertz CT molecular complexity index is 860. The van der Waals surface area contributed by atoms with Crippen molar-refractivity contribution in [2.24, 2.45) is 7.05 Å². The van der Waals surface area contributed by atoms with Crippen molar-refractivity contribution in [3.63, 3.8) is 0 Å². The molecule has 1 saturated heterocycles. The zero-order valence-electron chi connectivity index (χ0n) is 13.8. The summed E-state index contributed by atoms with van der Waals surface area (Å²) in [6.07, 6.45) is 3.81. The number of amides is 2. The Balaban J connectivity index is 1.70. The van der Waals surface area contributed by atoms with Crippen molar-refractivity contribution in [1.82, 2.24) is 20.1 Å². The largest absolute Gasteiger partial charge is 0.478 e. The van der Waals surface area contributed by atoms with Crippen LogP contribution in [0, 0.1) is 6.92 Å². The van der Waals surface area contributed by atoms with E-state index in [2.05, 4.69) is 15.4 Å². The molecule has 2 aromatic rings. The zero-order valence-corrected chi connectivity index (χ0v) is 13.8. The van der Waals surface area contributed by atoms with Gasteiger partial charge in [0.05, 0.1) is 23.1 Å². The predicted molar refractivity (Wildman–Crippen MR) is 87.4 cm³/mol. The lowest BCUT2D eigenvalue weighted by Crippen LogP contribution is -2.41. The topological polar surface area (TPSA) is 117 Å². The third-order valence-corrected chi connectivity index (χ3v) is 4.06. The molecule has 25 heavy (non-hydrogen) atoms. The van der Waals surface area contributed by atoms with Crippen molar-refractivity contribution in [2.45, 2.75) is 19.4 Å². The molecule has 1 unspecified atom stereocenters. The van der Waals surface area contributed by atoms with Crippen molar-refractivity contribution in [1.29, 1.82) is 0 Å². The number of pyridine rings is 1. The van der Waals surface area contributed by atoms with Crippen LogP contribution in [-0.4, -0.2) is 50.2 Å². The number of nitrogens with zero attached hydrogens (tertiary/aromatic N) is 4. The fraction of sp³-hybridized carbons (Fsp3) is 0.312. The van der Waals surface area contributed by atoms with Crippen LogP contribution in [0.15, 0.2) is 24.5 Å². The van der Waals surface area contributed by atoms with Crippen molar-refractivity contribution in [3.8, 4) is 0 Å². The Morgan fingerprint density at radius 3 is 2.72 bits per heavy atom. The second kappa shape index (κ2) is 6.34. The number of hydrogen-bond donors (Lipinski definition) is 2. The van der Waals surface area contributed by atoms with Crippen molar-refractivity contribution in [2.75, 3.05) is 11.4 Å². The van der Waals surface area contributed by atoms with Crippen molar-refractivity contribution in [3.05, 3.63) is 41.5 Å². The maximum absolute atomic E-state index is 12.5. The molecule has 3 rings (SSSR count). The molecule has 2 N–H and O–H groups in total. The van der Waals surface area contributed by atoms with Crippen molar-refractivity contribution >= 4 is 23.5 Å². The first-order valence-electron chi connectivity index (χ1n) is 7.68. The molecular formula is C16H17N5O4. The maximum Gasteiger partial charge on any atom is 0.337 e. The number of aromatic carboxylic acids is 1. The van der Waals surface area contributed by atoms with Crippen molar-refractivity contribution < 1.29 is 19.5 Å². The molecule has 0 aromatic carbocycles. The van der Waals surface area contributed by atoms with E-state index in [1.165, 1.54) is 19.1 Å². The molecule has 2 amide bonds. The smallest absolute Gasteiger partial charge is 0.337 e. The number of carboxylic acid groups (broad SMARTS) is 1. The first kappa shape index (κ1) is 16.6. The first-order valence-corrected chi connectivity index (χ1v) is 7.68. The molecule has 1 fully saturated rings. The summed E-state index contributed by atoms with van der Waals surface area (Å²) in [5, 5.41) is 15.7. The van der Waals surface area contributed by atoms with E-state index in [0.717, 1.165) is 0 Å². The third-order valence-electron chi connectivity index (χ3n) is 4.06. The third kappa shape index (κ3) is 3.21. The number of carbonyl (C=O) groups excluding carboxylic acids is 2.